The van der Waals surface area contributed by atoms with Crippen molar-refractivity contribution in [2.45, 2.75) is 59.5 Å². The quantitative estimate of drug-likeness (QED) is 0.563. The van der Waals surface area contributed by atoms with Gasteiger partial charge in [0.15, 0.2) is 5.82 Å². The minimum Gasteiger partial charge on any atom is -0.390 e. The normalized spacial score (nSPS) is 15.8. The van der Waals surface area contributed by atoms with Gasteiger partial charge in [-0.2, -0.15) is 0 Å². The second kappa shape index (κ2) is 9.57. The van der Waals surface area contributed by atoms with Crippen molar-refractivity contribution in [1.29, 1.82) is 0 Å². The first kappa shape index (κ1) is 24.8. The minimum absolute atomic E-state index is 0.165. The Balaban J connectivity index is 1.99. The lowest BCUT2D eigenvalue weighted by atomic mass is 9.84. The van der Waals surface area contributed by atoms with Gasteiger partial charge in [-0.15, -0.1) is 0 Å². The van der Waals surface area contributed by atoms with Crippen LogP contribution in [0.2, 0.25) is 0 Å². The average Bonchev–Trinajstić information content (AvgIpc) is 3.07. The number of aliphatic imine (C=N–C) groups is 1. The van der Waals surface area contributed by atoms with Crippen molar-refractivity contribution in [2.75, 3.05) is 25.1 Å². The largest absolute Gasteiger partial charge is 0.390 e. The Kier molecular flexibility index (Phi) is 7.19. The van der Waals surface area contributed by atoms with Crippen LogP contribution in [0.1, 0.15) is 59.4 Å². The van der Waals surface area contributed by atoms with Crippen molar-refractivity contribution in [2.24, 2.45) is 10.4 Å². The minimum atomic E-state index is -0.926. The van der Waals surface area contributed by atoms with E-state index in [0.29, 0.717) is 31.1 Å². The Labute approximate surface area is 194 Å². The molecule has 0 fully saturated rings. The first-order valence-electron chi connectivity index (χ1n) is 11.3. The zero-order chi connectivity index (χ0) is 24.4. The van der Waals surface area contributed by atoms with Crippen LogP contribution in [-0.2, 0) is 14.3 Å². The third kappa shape index (κ3) is 5.94. The van der Waals surface area contributed by atoms with Gasteiger partial charge in [0, 0.05) is 23.3 Å². The molecule has 1 aliphatic rings. The van der Waals surface area contributed by atoms with E-state index in [0.717, 1.165) is 22.2 Å². The van der Waals surface area contributed by atoms with Crippen molar-refractivity contribution in [3.8, 4) is 0 Å². The number of carbonyl (C=O) groups is 2. The number of aliphatic hydroxyl groups is 1. The number of para-hydroxylation sites is 1. The second-order valence-electron chi connectivity index (χ2n) is 10.0. The van der Waals surface area contributed by atoms with Gasteiger partial charge in [0.2, 0.25) is 11.8 Å². The molecular formula is C25H34N4O4. The van der Waals surface area contributed by atoms with Gasteiger partial charge in [-0.05, 0) is 38.8 Å². The molecule has 1 aromatic carbocycles. The molecule has 2 heterocycles. The first-order valence-corrected chi connectivity index (χ1v) is 11.3. The summed E-state index contributed by atoms with van der Waals surface area (Å²) in [5, 5.41) is 17.0. The molecule has 8 nitrogen and oxygen atoms in total. The summed E-state index contributed by atoms with van der Waals surface area (Å²) in [6.07, 6.45) is 0.453. The number of hydrogen-bond donors (Lipinski definition) is 3. The van der Waals surface area contributed by atoms with E-state index in [2.05, 4.69) is 15.6 Å². The first-order chi connectivity index (χ1) is 15.4. The third-order valence-corrected chi connectivity index (χ3v) is 5.42. The highest BCUT2D eigenvalue weighted by molar-refractivity contribution is 6.09. The summed E-state index contributed by atoms with van der Waals surface area (Å²) in [6.45, 7) is 11.5. The number of aromatic nitrogens is 1. The number of hydrogen-bond acceptors (Lipinski definition) is 6. The molecule has 8 heteroatoms. The lowest BCUT2D eigenvalue weighted by Crippen LogP contribution is -2.39. The predicted octanol–water partition coefficient (Wildman–Crippen LogP) is 3.70. The van der Waals surface area contributed by atoms with Gasteiger partial charge in [-0.1, -0.05) is 39.0 Å². The Morgan fingerprint density at radius 2 is 1.85 bits per heavy atom. The van der Waals surface area contributed by atoms with Crippen molar-refractivity contribution < 1.29 is 19.4 Å². The summed E-state index contributed by atoms with van der Waals surface area (Å²) in [5.41, 5.74) is 1.50. The predicted molar refractivity (Wildman–Crippen MR) is 130 cm³/mol. The fraction of sp³-hybridized carbons (Fsp3) is 0.520. The molecular weight excluding hydrogens is 420 g/mol. The third-order valence-electron chi connectivity index (χ3n) is 5.42. The number of benzene rings is 1. The molecule has 0 saturated carbocycles. The van der Waals surface area contributed by atoms with Gasteiger partial charge >= 0.3 is 0 Å². The maximum absolute atomic E-state index is 12.7. The number of fused-ring (bicyclic) bond motifs is 3. The van der Waals surface area contributed by atoms with Crippen LogP contribution in [0.5, 0.6) is 0 Å². The molecule has 0 bridgehead atoms. The van der Waals surface area contributed by atoms with Crippen molar-refractivity contribution in [3.63, 3.8) is 0 Å². The zero-order valence-electron chi connectivity index (χ0n) is 20.3. The van der Waals surface area contributed by atoms with Crippen LogP contribution >= 0.6 is 0 Å². The number of amides is 2. The summed E-state index contributed by atoms with van der Waals surface area (Å²) in [7, 11) is 0. The van der Waals surface area contributed by atoms with Gasteiger partial charge in [0.1, 0.15) is 5.69 Å². The van der Waals surface area contributed by atoms with E-state index in [9.17, 15) is 14.7 Å². The lowest BCUT2D eigenvalue weighted by Gasteiger charge is -2.24. The Morgan fingerprint density at radius 1 is 1.15 bits per heavy atom. The fourth-order valence-corrected chi connectivity index (χ4v) is 3.83. The van der Waals surface area contributed by atoms with Gasteiger partial charge in [-0.25, -0.2) is 4.98 Å². The average molecular weight is 455 g/mol. The van der Waals surface area contributed by atoms with Gasteiger partial charge in [0.25, 0.3) is 0 Å². The molecule has 0 radical (unpaired) electrons. The smallest absolute Gasteiger partial charge is 0.244 e. The maximum Gasteiger partial charge on any atom is 0.244 e. The standard InChI is InChI=1S/C25H34N4O4/c1-7-33-14-18-16(12-25(5,6)32)20-15-10-8-9-11-17(15)28-22(21(20)27-18)29-19(30)13-26-23(31)24(2,3)4/h8-11,16,32H,7,12-14H2,1-6H3,(H,26,31)(H,28,29,30). The molecule has 1 aliphatic heterocycles. The van der Waals surface area contributed by atoms with Crippen LogP contribution in [0.3, 0.4) is 0 Å². The number of carbonyl (C=O) groups excluding carboxylic acids is 2. The molecule has 3 rings (SSSR count). The van der Waals surface area contributed by atoms with Crippen LogP contribution in [0.15, 0.2) is 29.3 Å². The molecule has 3 N–H and O–H groups in total. The molecule has 0 aliphatic carbocycles. The van der Waals surface area contributed by atoms with Crippen LogP contribution in [-0.4, -0.2) is 53.0 Å². The van der Waals surface area contributed by atoms with Crippen LogP contribution in [0.4, 0.5) is 11.5 Å². The van der Waals surface area contributed by atoms with Gasteiger partial charge in [0.05, 0.1) is 30.0 Å². The fourth-order valence-electron chi connectivity index (χ4n) is 3.83. The number of ether oxygens (including phenoxy) is 1. The number of nitrogens with zero attached hydrogens (tertiary/aromatic N) is 2. The molecule has 1 atom stereocenters. The number of anilines is 1. The number of rotatable bonds is 8. The van der Waals surface area contributed by atoms with Crippen molar-refractivity contribution >= 4 is 39.9 Å². The summed E-state index contributed by atoms with van der Waals surface area (Å²) in [6, 6.07) is 7.69. The summed E-state index contributed by atoms with van der Waals surface area (Å²) in [5.74, 6) is -0.427. The molecule has 0 saturated heterocycles. The van der Waals surface area contributed by atoms with Gasteiger partial charge < -0.3 is 20.5 Å². The molecule has 0 spiro atoms. The second-order valence-corrected chi connectivity index (χ2v) is 10.0. The lowest BCUT2D eigenvalue weighted by molar-refractivity contribution is -0.130. The van der Waals surface area contributed by atoms with E-state index in [1.807, 2.05) is 31.2 Å². The van der Waals surface area contributed by atoms with Gasteiger partial charge in [-0.3, -0.25) is 14.6 Å². The molecule has 33 heavy (non-hydrogen) atoms. The zero-order valence-corrected chi connectivity index (χ0v) is 20.3. The Morgan fingerprint density at radius 3 is 2.48 bits per heavy atom. The van der Waals surface area contributed by atoms with E-state index in [1.165, 1.54) is 0 Å². The topological polar surface area (TPSA) is 113 Å². The Hall–Kier alpha value is -2.84. The monoisotopic (exact) mass is 454 g/mol. The van der Waals surface area contributed by atoms with E-state index >= 15 is 0 Å². The van der Waals surface area contributed by atoms with E-state index in [-0.39, 0.29) is 24.3 Å². The SMILES string of the molecule is CCOCC1=Nc2c(NC(=O)CNC(=O)C(C)(C)C)nc3ccccc3c2C1CC(C)(C)O. The highest BCUT2D eigenvalue weighted by atomic mass is 16.5. The van der Waals surface area contributed by atoms with Crippen LogP contribution in [0.25, 0.3) is 10.9 Å². The summed E-state index contributed by atoms with van der Waals surface area (Å²) in [4.78, 5) is 34.3. The molecule has 2 aromatic rings. The van der Waals surface area contributed by atoms with Crippen LogP contribution in [0, 0.1) is 5.41 Å². The van der Waals surface area contributed by atoms with Crippen molar-refractivity contribution in [3.05, 3.63) is 29.8 Å². The van der Waals surface area contributed by atoms with E-state index in [4.69, 9.17) is 9.73 Å². The summed E-state index contributed by atoms with van der Waals surface area (Å²) < 4.78 is 5.66. The number of pyridine rings is 1. The van der Waals surface area contributed by atoms with E-state index in [1.54, 1.807) is 34.6 Å². The molecule has 1 aromatic heterocycles. The summed E-state index contributed by atoms with van der Waals surface area (Å²) >= 11 is 0. The molecule has 1 unspecified atom stereocenters. The molecule has 178 valence electrons. The highest BCUT2D eigenvalue weighted by Gasteiger charge is 2.35. The highest BCUT2D eigenvalue weighted by Crippen LogP contribution is 2.46. The van der Waals surface area contributed by atoms with E-state index < -0.39 is 11.0 Å². The van der Waals surface area contributed by atoms with Crippen LogP contribution < -0.4 is 10.6 Å². The number of nitrogens with one attached hydrogen (secondary N) is 2. The maximum atomic E-state index is 12.7. The molecule has 2 amide bonds. The Bertz CT molecular complexity index is 1080. The van der Waals surface area contributed by atoms with Crippen molar-refractivity contribution in [1.82, 2.24) is 10.3 Å².